The van der Waals surface area contributed by atoms with Crippen LogP contribution < -0.4 is 4.74 Å². The molecule has 1 fully saturated rings. The van der Waals surface area contributed by atoms with Crippen molar-refractivity contribution in [3.8, 4) is 5.75 Å². The Hall–Kier alpha value is -1.01. The Balaban J connectivity index is 1.74. The number of aliphatic hydroxyl groups is 1. The molecule has 1 aromatic carbocycles. The molecule has 0 radical (unpaired) electrons. The molecule has 0 bridgehead atoms. The van der Waals surface area contributed by atoms with Gasteiger partial charge in [-0.05, 0) is 12.1 Å². The number of aliphatic hydroxyl groups excluding tert-OH is 1. The highest BCUT2D eigenvalue weighted by Gasteiger charge is 2.20. The van der Waals surface area contributed by atoms with E-state index in [0.29, 0.717) is 35.5 Å². The first-order valence-electron chi connectivity index (χ1n) is 6.79. The van der Waals surface area contributed by atoms with Gasteiger partial charge in [-0.3, -0.25) is 9.69 Å². The minimum absolute atomic E-state index is 0.214. The van der Waals surface area contributed by atoms with E-state index in [9.17, 15) is 4.79 Å². The van der Waals surface area contributed by atoms with Crippen LogP contribution >= 0.6 is 23.2 Å². The smallest absolute Gasteiger partial charge is 0.248 e. The van der Waals surface area contributed by atoms with Crippen LogP contribution in [-0.4, -0.2) is 66.8 Å². The highest BCUT2D eigenvalue weighted by molar-refractivity contribution is 6.37. The van der Waals surface area contributed by atoms with Crippen LogP contribution in [0.25, 0.3) is 0 Å². The molecule has 0 spiro atoms. The molecule has 1 saturated heterocycles. The van der Waals surface area contributed by atoms with Crippen molar-refractivity contribution in [2.75, 3.05) is 45.9 Å². The molecule has 0 aliphatic carbocycles. The molecule has 7 heteroatoms. The second-order valence-corrected chi connectivity index (χ2v) is 5.59. The van der Waals surface area contributed by atoms with Gasteiger partial charge in [0.15, 0.2) is 5.75 Å². The number of hydrogen-bond donors (Lipinski definition) is 1. The number of amides is 1. The fraction of sp³-hybridized carbons (Fsp3) is 0.500. The van der Waals surface area contributed by atoms with Gasteiger partial charge in [-0.2, -0.15) is 0 Å². The maximum atomic E-state index is 11.4. The number of hydrogen-bond acceptors (Lipinski definition) is 4. The Morgan fingerprint density at radius 1 is 1.19 bits per heavy atom. The predicted molar refractivity (Wildman–Crippen MR) is 82.1 cm³/mol. The Morgan fingerprint density at radius 2 is 1.81 bits per heavy atom. The first-order valence-corrected chi connectivity index (χ1v) is 7.55. The van der Waals surface area contributed by atoms with Gasteiger partial charge in [-0.1, -0.05) is 29.3 Å². The number of halogens is 2. The predicted octanol–water partition coefficient (Wildman–Crippen LogP) is 1.51. The Morgan fingerprint density at radius 3 is 2.38 bits per heavy atom. The van der Waals surface area contributed by atoms with Gasteiger partial charge >= 0.3 is 0 Å². The number of benzene rings is 1. The van der Waals surface area contributed by atoms with Gasteiger partial charge in [0.25, 0.3) is 0 Å². The van der Waals surface area contributed by atoms with E-state index in [2.05, 4.69) is 4.90 Å². The van der Waals surface area contributed by atoms with Gasteiger partial charge < -0.3 is 14.7 Å². The average molecular weight is 333 g/mol. The van der Waals surface area contributed by atoms with Crippen LogP contribution in [0.1, 0.15) is 0 Å². The van der Waals surface area contributed by atoms with Gasteiger partial charge in [-0.25, -0.2) is 0 Å². The van der Waals surface area contributed by atoms with Crippen molar-refractivity contribution in [2.45, 2.75) is 0 Å². The lowest BCUT2D eigenvalue weighted by atomic mass is 10.3. The highest BCUT2D eigenvalue weighted by atomic mass is 35.5. The van der Waals surface area contributed by atoms with E-state index in [0.717, 1.165) is 19.6 Å². The minimum atomic E-state index is -0.423. The second kappa shape index (κ2) is 7.84. The van der Waals surface area contributed by atoms with Crippen molar-refractivity contribution < 1.29 is 14.6 Å². The van der Waals surface area contributed by atoms with Gasteiger partial charge in [0.05, 0.1) is 10.0 Å². The van der Waals surface area contributed by atoms with E-state index in [1.54, 1.807) is 23.1 Å². The normalized spacial score (nSPS) is 16.0. The standard InChI is InChI=1S/C14H18Cl2N2O3/c15-11-2-1-3-12(16)14(11)21-9-8-17-4-6-18(7-5-17)13(20)10-19/h1-3,19H,4-10H2. The lowest BCUT2D eigenvalue weighted by molar-refractivity contribution is -0.135. The van der Waals surface area contributed by atoms with Gasteiger partial charge in [0.2, 0.25) is 5.91 Å². The van der Waals surface area contributed by atoms with E-state index < -0.39 is 6.61 Å². The minimum Gasteiger partial charge on any atom is -0.489 e. The Kier molecular flexibility index (Phi) is 6.11. The zero-order chi connectivity index (χ0) is 15.2. The zero-order valence-electron chi connectivity index (χ0n) is 11.6. The van der Waals surface area contributed by atoms with E-state index in [4.69, 9.17) is 33.0 Å². The van der Waals surface area contributed by atoms with Crippen molar-refractivity contribution >= 4 is 29.1 Å². The number of carbonyl (C=O) groups excluding carboxylic acids is 1. The molecule has 1 aromatic rings. The first-order chi connectivity index (χ1) is 10.1. The van der Waals surface area contributed by atoms with Gasteiger partial charge in [0.1, 0.15) is 13.2 Å². The molecule has 1 aliphatic rings. The molecule has 0 saturated carbocycles. The second-order valence-electron chi connectivity index (χ2n) is 4.78. The number of piperazine rings is 1. The van der Waals surface area contributed by atoms with Gasteiger partial charge in [-0.15, -0.1) is 0 Å². The lowest BCUT2D eigenvalue weighted by Crippen LogP contribution is -2.50. The third-order valence-corrected chi connectivity index (χ3v) is 4.03. The number of rotatable bonds is 5. The summed E-state index contributed by atoms with van der Waals surface area (Å²) in [7, 11) is 0. The molecular weight excluding hydrogens is 315 g/mol. The summed E-state index contributed by atoms with van der Waals surface area (Å²) in [6, 6.07) is 5.25. The van der Waals surface area contributed by atoms with Crippen LogP contribution in [0.4, 0.5) is 0 Å². The summed E-state index contributed by atoms with van der Waals surface area (Å²) in [5.41, 5.74) is 0. The molecular formula is C14H18Cl2N2O3. The molecule has 0 atom stereocenters. The van der Waals surface area contributed by atoms with Crippen molar-refractivity contribution in [1.82, 2.24) is 9.80 Å². The summed E-state index contributed by atoms with van der Waals surface area (Å²) in [6.45, 7) is 3.60. The molecule has 1 heterocycles. The van der Waals surface area contributed by atoms with E-state index in [-0.39, 0.29) is 5.91 Å². The molecule has 5 nitrogen and oxygen atoms in total. The topological polar surface area (TPSA) is 53.0 Å². The average Bonchev–Trinajstić information content (AvgIpc) is 2.50. The molecule has 1 N–H and O–H groups in total. The van der Waals surface area contributed by atoms with E-state index >= 15 is 0 Å². The summed E-state index contributed by atoms with van der Waals surface area (Å²) in [4.78, 5) is 15.2. The fourth-order valence-electron chi connectivity index (χ4n) is 2.22. The third-order valence-electron chi connectivity index (χ3n) is 3.43. The van der Waals surface area contributed by atoms with Crippen LogP contribution in [0.15, 0.2) is 18.2 Å². The summed E-state index contributed by atoms with van der Waals surface area (Å²) in [5, 5.41) is 9.82. The SMILES string of the molecule is O=C(CO)N1CCN(CCOc2c(Cl)cccc2Cl)CC1. The molecule has 116 valence electrons. The number of para-hydroxylation sites is 1. The zero-order valence-corrected chi connectivity index (χ0v) is 13.1. The fourth-order valence-corrected chi connectivity index (χ4v) is 2.72. The molecule has 1 aliphatic heterocycles. The van der Waals surface area contributed by atoms with Crippen molar-refractivity contribution in [3.05, 3.63) is 28.2 Å². The molecule has 0 aromatic heterocycles. The van der Waals surface area contributed by atoms with Crippen LogP contribution in [0.5, 0.6) is 5.75 Å². The Labute approximate surface area is 134 Å². The molecule has 1 amide bonds. The summed E-state index contributed by atoms with van der Waals surface area (Å²) >= 11 is 12.1. The number of nitrogens with zero attached hydrogens (tertiary/aromatic N) is 2. The quantitative estimate of drug-likeness (QED) is 0.888. The monoisotopic (exact) mass is 332 g/mol. The third kappa shape index (κ3) is 4.48. The lowest BCUT2D eigenvalue weighted by Gasteiger charge is -2.34. The molecule has 21 heavy (non-hydrogen) atoms. The number of carbonyl (C=O) groups is 1. The Bertz CT molecular complexity index is 471. The van der Waals surface area contributed by atoms with Crippen molar-refractivity contribution in [3.63, 3.8) is 0 Å². The molecule has 2 rings (SSSR count). The first kappa shape index (κ1) is 16.4. The van der Waals surface area contributed by atoms with Crippen LogP contribution in [0, 0.1) is 0 Å². The van der Waals surface area contributed by atoms with E-state index in [1.165, 1.54) is 0 Å². The maximum absolute atomic E-state index is 11.4. The summed E-state index contributed by atoms with van der Waals surface area (Å²) in [5.74, 6) is 0.295. The molecule has 0 unspecified atom stereocenters. The number of ether oxygens (including phenoxy) is 1. The largest absolute Gasteiger partial charge is 0.489 e. The van der Waals surface area contributed by atoms with Crippen LogP contribution in [0.3, 0.4) is 0 Å². The summed E-state index contributed by atoms with van der Waals surface area (Å²) < 4.78 is 5.64. The van der Waals surface area contributed by atoms with Crippen molar-refractivity contribution in [1.29, 1.82) is 0 Å². The maximum Gasteiger partial charge on any atom is 0.248 e. The van der Waals surface area contributed by atoms with E-state index in [1.807, 2.05) is 0 Å². The summed E-state index contributed by atoms with van der Waals surface area (Å²) in [6.07, 6.45) is 0. The van der Waals surface area contributed by atoms with Crippen LogP contribution in [-0.2, 0) is 4.79 Å². The highest BCUT2D eigenvalue weighted by Crippen LogP contribution is 2.32. The van der Waals surface area contributed by atoms with Crippen molar-refractivity contribution in [2.24, 2.45) is 0 Å². The van der Waals surface area contributed by atoms with Gasteiger partial charge in [0, 0.05) is 32.7 Å². The van der Waals surface area contributed by atoms with Crippen LogP contribution in [0.2, 0.25) is 10.0 Å².